The van der Waals surface area contributed by atoms with Crippen LogP contribution in [0, 0.1) is 5.92 Å². The van der Waals surface area contributed by atoms with Gasteiger partial charge in [0.1, 0.15) is 0 Å². The maximum Gasteiger partial charge on any atom is 0.339 e. The van der Waals surface area contributed by atoms with Gasteiger partial charge in [0.15, 0.2) is 6.61 Å². The molecule has 1 fully saturated rings. The quantitative estimate of drug-likeness (QED) is 0.746. The van der Waals surface area contributed by atoms with Crippen LogP contribution in [0.25, 0.3) is 10.9 Å². The van der Waals surface area contributed by atoms with Gasteiger partial charge < -0.3 is 14.4 Å². The van der Waals surface area contributed by atoms with Gasteiger partial charge in [-0.3, -0.25) is 9.78 Å². The van der Waals surface area contributed by atoms with Crippen LogP contribution in [0.5, 0.6) is 0 Å². The lowest BCUT2D eigenvalue weighted by Gasteiger charge is -2.35. The summed E-state index contributed by atoms with van der Waals surface area (Å²) in [4.78, 5) is 32.2. The Labute approximate surface area is 171 Å². The average molecular weight is 396 g/mol. The molecule has 6 nitrogen and oxygen atoms in total. The fourth-order valence-corrected chi connectivity index (χ4v) is 4.47. The first-order chi connectivity index (χ1) is 13.9. The Bertz CT molecular complexity index is 932. The van der Waals surface area contributed by atoms with Crippen LogP contribution in [0.1, 0.15) is 48.8 Å². The first-order valence-corrected chi connectivity index (χ1v) is 10.4. The molecule has 1 aliphatic carbocycles. The van der Waals surface area contributed by atoms with Crippen LogP contribution in [0.4, 0.5) is 0 Å². The Morgan fingerprint density at radius 3 is 2.66 bits per heavy atom. The molecule has 0 radical (unpaired) electrons. The second kappa shape index (κ2) is 8.11. The maximum atomic E-state index is 13.1. The van der Waals surface area contributed by atoms with Crippen LogP contribution in [0.2, 0.25) is 0 Å². The third-order valence-electron chi connectivity index (χ3n) is 5.81. The lowest BCUT2D eigenvalue weighted by atomic mass is 9.84. The predicted molar refractivity (Wildman–Crippen MR) is 110 cm³/mol. The smallest absolute Gasteiger partial charge is 0.339 e. The van der Waals surface area contributed by atoms with E-state index in [-0.39, 0.29) is 24.7 Å². The highest BCUT2D eigenvalue weighted by Crippen LogP contribution is 2.32. The number of carbonyl (C=O) groups excluding carboxylic acids is 2. The number of carbonyl (C=O) groups is 2. The van der Waals surface area contributed by atoms with Gasteiger partial charge in [-0.05, 0) is 50.7 Å². The van der Waals surface area contributed by atoms with Crippen LogP contribution in [-0.4, -0.2) is 53.7 Å². The number of aromatic nitrogens is 1. The predicted octanol–water partition coefficient (Wildman–Crippen LogP) is 3.15. The molecular formula is C23H28N2O4. The van der Waals surface area contributed by atoms with E-state index in [0.717, 1.165) is 41.4 Å². The van der Waals surface area contributed by atoms with Gasteiger partial charge in [-0.25, -0.2) is 4.79 Å². The number of rotatable bonds is 3. The minimum absolute atomic E-state index is 0.0175. The van der Waals surface area contributed by atoms with Gasteiger partial charge in [-0.15, -0.1) is 0 Å². The fourth-order valence-electron chi connectivity index (χ4n) is 4.47. The van der Waals surface area contributed by atoms with Crippen molar-refractivity contribution in [3.8, 4) is 0 Å². The molecule has 0 bridgehead atoms. The van der Waals surface area contributed by atoms with Crippen molar-refractivity contribution in [2.24, 2.45) is 5.92 Å². The van der Waals surface area contributed by atoms with E-state index in [1.807, 2.05) is 38.1 Å². The molecule has 0 spiro atoms. The van der Waals surface area contributed by atoms with Gasteiger partial charge in [-0.1, -0.05) is 25.1 Å². The summed E-state index contributed by atoms with van der Waals surface area (Å²) in [6, 6.07) is 7.66. The van der Waals surface area contributed by atoms with E-state index in [1.54, 1.807) is 4.90 Å². The van der Waals surface area contributed by atoms with Gasteiger partial charge in [0.2, 0.25) is 0 Å². The molecule has 29 heavy (non-hydrogen) atoms. The highest BCUT2D eigenvalue weighted by atomic mass is 16.5. The van der Waals surface area contributed by atoms with E-state index in [1.165, 1.54) is 0 Å². The summed E-state index contributed by atoms with van der Waals surface area (Å²) in [6.07, 6.45) is 2.71. The summed E-state index contributed by atoms with van der Waals surface area (Å²) in [5.74, 6) is -0.118. The molecule has 1 aliphatic heterocycles. The molecule has 1 aromatic heterocycles. The van der Waals surface area contributed by atoms with E-state index in [4.69, 9.17) is 14.5 Å². The molecule has 154 valence electrons. The molecule has 1 amide bonds. The molecule has 1 aromatic carbocycles. The zero-order valence-electron chi connectivity index (χ0n) is 17.3. The number of nitrogens with zero attached hydrogens (tertiary/aromatic N) is 2. The summed E-state index contributed by atoms with van der Waals surface area (Å²) in [7, 11) is 0. The number of hydrogen-bond acceptors (Lipinski definition) is 5. The van der Waals surface area contributed by atoms with E-state index < -0.39 is 5.97 Å². The third-order valence-corrected chi connectivity index (χ3v) is 5.81. The van der Waals surface area contributed by atoms with Crippen molar-refractivity contribution in [3.63, 3.8) is 0 Å². The Morgan fingerprint density at radius 2 is 1.90 bits per heavy atom. The topological polar surface area (TPSA) is 68.7 Å². The molecule has 2 aromatic rings. The number of aryl methyl sites for hydroxylation is 1. The second-order valence-corrected chi connectivity index (χ2v) is 8.41. The molecule has 2 aliphatic rings. The number of para-hydroxylation sites is 1. The molecule has 0 N–H and O–H groups in total. The van der Waals surface area contributed by atoms with Gasteiger partial charge >= 0.3 is 5.97 Å². The Hall–Kier alpha value is -2.47. The van der Waals surface area contributed by atoms with E-state index in [2.05, 4.69) is 6.92 Å². The van der Waals surface area contributed by atoms with Crippen molar-refractivity contribution in [1.82, 2.24) is 9.88 Å². The number of esters is 1. The van der Waals surface area contributed by atoms with E-state index >= 15 is 0 Å². The van der Waals surface area contributed by atoms with Gasteiger partial charge in [0.05, 0.1) is 23.3 Å². The number of pyridine rings is 1. The highest BCUT2D eigenvalue weighted by Gasteiger charge is 2.29. The minimum Gasteiger partial charge on any atom is -0.452 e. The maximum absolute atomic E-state index is 13.1. The van der Waals surface area contributed by atoms with E-state index in [0.29, 0.717) is 24.6 Å². The Balaban J connectivity index is 1.57. The first kappa shape index (κ1) is 19.8. The van der Waals surface area contributed by atoms with Crippen molar-refractivity contribution in [2.75, 3.05) is 19.7 Å². The number of amides is 1. The monoisotopic (exact) mass is 396 g/mol. The van der Waals surface area contributed by atoms with Gasteiger partial charge in [0, 0.05) is 24.2 Å². The van der Waals surface area contributed by atoms with Crippen molar-refractivity contribution >= 4 is 22.8 Å². The summed E-state index contributed by atoms with van der Waals surface area (Å²) in [5, 5.41) is 0.798. The van der Waals surface area contributed by atoms with Gasteiger partial charge in [-0.2, -0.15) is 0 Å². The lowest BCUT2D eigenvalue weighted by Crippen LogP contribution is -2.49. The standard InChI is InChI=1S/C23H28N2O4/c1-14-8-9-20-18(10-14)22(17-6-4-5-7-19(17)24-20)23(27)28-13-21(26)25-11-15(2)29-16(3)12-25/h4-7,14-16H,8-13H2,1-3H3/t14-,15-,16-/m1/s1. The van der Waals surface area contributed by atoms with Crippen molar-refractivity contribution in [1.29, 1.82) is 0 Å². The SMILES string of the molecule is C[C@@H]1CCc2nc3ccccc3c(C(=O)OCC(=O)N3C[C@@H](C)O[C@H](C)C3)c2C1. The van der Waals surface area contributed by atoms with Crippen LogP contribution >= 0.6 is 0 Å². The number of fused-ring (bicyclic) bond motifs is 2. The molecule has 4 rings (SSSR count). The van der Waals surface area contributed by atoms with Crippen LogP contribution < -0.4 is 0 Å². The van der Waals surface area contributed by atoms with Crippen molar-refractivity contribution < 1.29 is 19.1 Å². The molecule has 0 saturated carbocycles. The number of ether oxygens (including phenoxy) is 2. The molecule has 0 unspecified atom stereocenters. The number of morpholine rings is 1. The zero-order chi connectivity index (χ0) is 20.5. The minimum atomic E-state index is -0.434. The van der Waals surface area contributed by atoms with E-state index in [9.17, 15) is 9.59 Å². The fraction of sp³-hybridized carbons (Fsp3) is 0.522. The number of benzene rings is 1. The van der Waals surface area contributed by atoms with Crippen LogP contribution in [0.3, 0.4) is 0 Å². The van der Waals surface area contributed by atoms with Gasteiger partial charge in [0.25, 0.3) is 5.91 Å². The summed E-state index contributed by atoms with van der Waals surface area (Å²) < 4.78 is 11.2. The summed E-state index contributed by atoms with van der Waals surface area (Å²) >= 11 is 0. The molecule has 2 heterocycles. The third kappa shape index (κ3) is 4.13. The molecule has 3 atom stereocenters. The van der Waals surface area contributed by atoms with Crippen LogP contribution in [0.15, 0.2) is 24.3 Å². The van der Waals surface area contributed by atoms with Crippen LogP contribution in [-0.2, 0) is 27.1 Å². The molecular weight excluding hydrogens is 368 g/mol. The first-order valence-electron chi connectivity index (χ1n) is 10.4. The summed E-state index contributed by atoms with van der Waals surface area (Å²) in [6.45, 7) is 6.87. The Kier molecular flexibility index (Phi) is 5.54. The average Bonchev–Trinajstić information content (AvgIpc) is 2.69. The zero-order valence-corrected chi connectivity index (χ0v) is 17.3. The molecule has 6 heteroatoms. The highest BCUT2D eigenvalue weighted by molar-refractivity contribution is 6.05. The number of hydrogen-bond donors (Lipinski definition) is 0. The lowest BCUT2D eigenvalue weighted by molar-refractivity contribution is -0.146. The Morgan fingerprint density at radius 1 is 1.17 bits per heavy atom. The van der Waals surface area contributed by atoms with Crippen molar-refractivity contribution in [3.05, 3.63) is 41.1 Å². The summed E-state index contributed by atoms with van der Waals surface area (Å²) in [5.41, 5.74) is 3.34. The molecule has 1 saturated heterocycles. The normalized spacial score (nSPS) is 24.2. The second-order valence-electron chi connectivity index (χ2n) is 8.41. The van der Waals surface area contributed by atoms with Crippen molar-refractivity contribution in [2.45, 2.75) is 52.2 Å². The largest absolute Gasteiger partial charge is 0.452 e.